The zero-order chi connectivity index (χ0) is 12.6. The standard InChI is InChI=1S/C10H16N2O4/c1-4-5-16-6-11-9(14)10(15)12-8(13)7(2)3/h4,10,15H,1-2,5-6H2,3H3,(H,11,14)(H,12,13). The highest BCUT2D eigenvalue weighted by molar-refractivity contribution is 5.95. The molecule has 0 saturated heterocycles. The highest BCUT2D eigenvalue weighted by Crippen LogP contribution is 1.88. The summed E-state index contributed by atoms with van der Waals surface area (Å²) in [7, 11) is 0. The van der Waals surface area contributed by atoms with Crippen LogP contribution in [0.4, 0.5) is 0 Å². The van der Waals surface area contributed by atoms with E-state index in [1.54, 1.807) is 0 Å². The van der Waals surface area contributed by atoms with Gasteiger partial charge in [0.05, 0.1) is 6.61 Å². The summed E-state index contributed by atoms with van der Waals surface area (Å²) in [5, 5.41) is 13.5. The molecule has 0 aromatic heterocycles. The average Bonchev–Trinajstić information content (AvgIpc) is 2.23. The Hall–Kier alpha value is -1.66. The Morgan fingerprint density at radius 1 is 1.56 bits per heavy atom. The van der Waals surface area contributed by atoms with Gasteiger partial charge in [-0.2, -0.15) is 0 Å². The number of nitrogens with one attached hydrogen (secondary N) is 2. The number of hydrogen-bond donors (Lipinski definition) is 3. The van der Waals surface area contributed by atoms with Crippen molar-refractivity contribution in [2.75, 3.05) is 13.3 Å². The van der Waals surface area contributed by atoms with E-state index in [1.165, 1.54) is 13.0 Å². The second kappa shape index (κ2) is 7.61. The van der Waals surface area contributed by atoms with Gasteiger partial charge in [-0.15, -0.1) is 6.58 Å². The van der Waals surface area contributed by atoms with Gasteiger partial charge < -0.3 is 20.5 Å². The van der Waals surface area contributed by atoms with Crippen molar-refractivity contribution in [3.63, 3.8) is 0 Å². The molecule has 0 bridgehead atoms. The van der Waals surface area contributed by atoms with E-state index < -0.39 is 18.0 Å². The maximum absolute atomic E-state index is 11.2. The molecule has 90 valence electrons. The van der Waals surface area contributed by atoms with Crippen LogP contribution in [0, 0.1) is 0 Å². The number of carbonyl (C=O) groups is 2. The van der Waals surface area contributed by atoms with E-state index in [0.29, 0.717) is 0 Å². The highest BCUT2D eigenvalue weighted by Gasteiger charge is 2.16. The summed E-state index contributed by atoms with van der Waals surface area (Å²) in [6, 6.07) is 0. The van der Waals surface area contributed by atoms with Gasteiger partial charge in [0.1, 0.15) is 6.73 Å². The highest BCUT2D eigenvalue weighted by atomic mass is 16.5. The summed E-state index contributed by atoms with van der Waals surface area (Å²) < 4.78 is 4.86. The van der Waals surface area contributed by atoms with Crippen LogP contribution in [0.15, 0.2) is 24.8 Å². The molecule has 2 amide bonds. The van der Waals surface area contributed by atoms with Gasteiger partial charge in [-0.3, -0.25) is 9.59 Å². The normalized spacial score (nSPS) is 11.4. The number of ether oxygens (including phenoxy) is 1. The lowest BCUT2D eigenvalue weighted by Crippen LogP contribution is -2.47. The van der Waals surface area contributed by atoms with Crippen LogP contribution in [-0.4, -0.2) is 36.5 Å². The summed E-state index contributed by atoms with van der Waals surface area (Å²) in [4.78, 5) is 22.2. The van der Waals surface area contributed by atoms with Crippen molar-refractivity contribution < 1.29 is 19.4 Å². The molecule has 0 fully saturated rings. The molecule has 0 aliphatic rings. The number of amides is 2. The molecule has 6 heteroatoms. The first kappa shape index (κ1) is 14.3. The Labute approximate surface area is 94.0 Å². The third kappa shape index (κ3) is 5.94. The SMILES string of the molecule is C=CCOCNC(=O)C(O)NC(=O)C(=C)C. The van der Waals surface area contributed by atoms with Crippen LogP contribution in [0.5, 0.6) is 0 Å². The lowest BCUT2D eigenvalue weighted by Gasteiger charge is -2.12. The molecule has 3 N–H and O–H groups in total. The predicted octanol–water partition coefficient (Wildman–Crippen LogP) is -0.727. The molecule has 0 aliphatic carbocycles. The van der Waals surface area contributed by atoms with Gasteiger partial charge in [0.2, 0.25) is 12.1 Å². The Morgan fingerprint density at radius 2 is 2.19 bits per heavy atom. The van der Waals surface area contributed by atoms with Crippen molar-refractivity contribution in [2.24, 2.45) is 0 Å². The number of rotatable bonds is 7. The minimum atomic E-state index is -1.61. The van der Waals surface area contributed by atoms with Gasteiger partial charge >= 0.3 is 0 Å². The molecule has 0 radical (unpaired) electrons. The van der Waals surface area contributed by atoms with Crippen molar-refractivity contribution in [2.45, 2.75) is 13.2 Å². The Morgan fingerprint density at radius 3 is 2.69 bits per heavy atom. The minimum absolute atomic E-state index is 0.0646. The molecule has 6 nitrogen and oxygen atoms in total. The lowest BCUT2D eigenvalue weighted by atomic mass is 10.3. The molecule has 1 atom stereocenters. The summed E-state index contributed by atoms with van der Waals surface area (Å²) >= 11 is 0. The van der Waals surface area contributed by atoms with Crippen LogP contribution in [0.2, 0.25) is 0 Å². The fraction of sp³-hybridized carbons (Fsp3) is 0.400. The van der Waals surface area contributed by atoms with Crippen molar-refractivity contribution in [3.05, 3.63) is 24.8 Å². The first-order valence-electron chi connectivity index (χ1n) is 4.59. The second-order valence-electron chi connectivity index (χ2n) is 3.00. The van der Waals surface area contributed by atoms with Crippen LogP contribution in [0.1, 0.15) is 6.92 Å². The zero-order valence-electron chi connectivity index (χ0n) is 9.16. The Balaban J connectivity index is 3.85. The molecular formula is C10H16N2O4. The molecule has 0 spiro atoms. The molecule has 1 unspecified atom stereocenters. The molecule has 0 aliphatic heterocycles. The molecule has 0 rings (SSSR count). The minimum Gasteiger partial charge on any atom is -0.365 e. The van der Waals surface area contributed by atoms with Gasteiger partial charge in [-0.25, -0.2) is 0 Å². The fourth-order valence-corrected chi connectivity index (χ4v) is 0.674. The number of aliphatic hydroxyl groups is 1. The predicted molar refractivity (Wildman–Crippen MR) is 58.1 cm³/mol. The largest absolute Gasteiger partial charge is 0.365 e. The molecule has 0 aromatic carbocycles. The van der Waals surface area contributed by atoms with Crippen LogP contribution in [0.25, 0.3) is 0 Å². The van der Waals surface area contributed by atoms with Crippen molar-refractivity contribution in [1.82, 2.24) is 10.6 Å². The van der Waals surface area contributed by atoms with Crippen LogP contribution >= 0.6 is 0 Å². The number of carbonyl (C=O) groups excluding carboxylic acids is 2. The monoisotopic (exact) mass is 228 g/mol. The van der Waals surface area contributed by atoms with Crippen LogP contribution in [0.3, 0.4) is 0 Å². The van der Waals surface area contributed by atoms with Gasteiger partial charge in [0.15, 0.2) is 0 Å². The van der Waals surface area contributed by atoms with Gasteiger partial charge in [-0.1, -0.05) is 12.7 Å². The van der Waals surface area contributed by atoms with E-state index in [0.717, 1.165) is 0 Å². The molecule has 0 aromatic rings. The fourth-order valence-electron chi connectivity index (χ4n) is 0.674. The number of aliphatic hydroxyl groups excluding tert-OH is 1. The van der Waals surface area contributed by atoms with Crippen molar-refractivity contribution in [3.8, 4) is 0 Å². The van der Waals surface area contributed by atoms with E-state index in [4.69, 9.17) is 4.74 Å². The third-order valence-electron chi connectivity index (χ3n) is 1.49. The second-order valence-corrected chi connectivity index (χ2v) is 3.00. The summed E-state index contributed by atoms with van der Waals surface area (Å²) in [5.74, 6) is -1.34. The van der Waals surface area contributed by atoms with E-state index >= 15 is 0 Å². The van der Waals surface area contributed by atoms with Crippen LogP contribution in [-0.2, 0) is 14.3 Å². The Bertz CT molecular complexity index is 289. The molecule has 0 saturated carbocycles. The maximum atomic E-state index is 11.2. The maximum Gasteiger partial charge on any atom is 0.271 e. The lowest BCUT2D eigenvalue weighted by molar-refractivity contribution is -0.136. The van der Waals surface area contributed by atoms with Crippen molar-refractivity contribution in [1.29, 1.82) is 0 Å². The summed E-state index contributed by atoms with van der Waals surface area (Å²) in [6.07, 6.45) is -0.0950. The summed E-state index contributed by atoms with van der Waals surface area (Å²) in [6.45, 7) is 8.47. The molecule has 16 heavy (non-hydrogen) atoms. The first-order valence-corrected chi connectivity index (χ1v) is 4.59. The quantitative estimate of drug-likeness (QED) is 0.232. The van der Waals surface area contributed by atoms with Gasteiger partial charge in [-0.05, 0) is 6.92 Å². The topological polar surface area (TPSA) is 87.7 Å². The number of hydrogen-bond acceptors (Lipinski definition) is 4. The van der Waals surface area contributed by atoms with Gasteiger partial charge in [0, 0.05) is 5.57 Å². The molecule has 0 heterocycles. The molecular weight excluding hydrogens is 212 g/mol. The third-order valence-corrected chi connectivity index (χ3v) is 1.49. The summed E-state index contributed by atoms with van der Waals surface area (Å²) in [5.41, 5.74) is 0.203. The van der Waals surface area contributed by atoms with Crippen molar-refractivity contribution >= 4 is 11.8 Å². The van der Waals surface area contributed by atoms with E-state index in [1.807, 2.05) is 5.32 Å². The van der Waals surface area contributed by atoms with Crippen LogP contribution < -0.4 is 10.6 Å². The van der Waals surface area contributed by atoms with E-state index in [-0.39, 0.29) is 18.9 Å². The van der Waals surface area contributed by atoms with E-state index in [2.05, 4.69) is 18.5 Å². The zero-order valence-corrected chi connectivity index (χ0v) is 9.16. The smallest absolute Gasteiger partial charge is 0.271 e. The van der Waals surface area contributed by atoms with Gasteiger partial charge in [0.25, 0.3) is 5.91 Å². The Kier molecular flexibility index (Phi) is 6.82. The average molecular weight is 228 g/mol. The first-order chi connectivity index (χ1) is 7.49. The van der Waals surface area contributed by atoms with E-state index in [9.17, 15) is 14.7 Å².